The van der Waals surface area contributed by atoms with Crippen molar-refractivity contribution in [3.63, 3.8) is 0 Å². The van der Waals surface area contributed by atoms with Crippen molar-refractivity contribution in [3.05, 3.63) is 17.6 Å². The number of nitriles is 1. The molecule has 0 saturated heterocycles. The molecule has 15 heavy (non-hydrogen) atoms. The molecule has 0 amide bonds. The SMILES string of the molecule is CCc1cc(NCC(C)C#N)nc(C)n1. The average molecular weight is 204 g/mol. The van der Waals surface area contributed by atoms with E-state index in [-0.39, 0.29) is 5.92 Å². The Morgan fingerprint density at radius 3 is 2.87 bits per heavy atom. The van der Waals surface area contributed by atoms with E-state index in [9.17, 15) is 0 Å². The molecule has 1 atom stereocenters. The Morgan fingerprint density at radius 2 is 2.27 bits per heavy atom. The smallest absolute Gasteiger partial charge is 0.129 e. The summed E-state index contributed by atoms with van der Waals surface area (Å²) in [6.07, 6.45) is 0.895. The molecule has 4 nitrogen and oxygen atoms in total. The molecule has 1 aromatic heterocycles. The molecule has 0 saturated carbocycles. The highest BCUT2D eigenvalue weighted by Crippen LogP contribution is 2.07. The van der Waals surface area contributed by atoms with Gasteiger partial charge in [-0.2, -0.15) is 5.26 Å². The van der Waals surface area contributed by atoms with Gasteiger partial charge in [0.2, 0.25) is 0 Å². The first-order valence-electron chi connectivity index (χ1n) is 5.13. The highest BCUT2D eigenvalue weighted by atomic mass is 15.0. The van der Waals surface area contributed by atoms with Gasteiger partial charge in [-0.25, -0.2) is 9.97 Å². The molecule has 1 unspecified atom stereocenters. The number of aromatic nitrogens is 2. The zero-order valence-electron chi connectivity index (χ0n) is 9.41. The first-order chi connectivity index (χ1) is 7.15. The molecule has 4 heteroatoms. The van der Waals surface area contributed by atoms with Crippen molar-refractivity contribution in [2.24, 2.45) is 5.92 Å². The average Bonchev–Trinajstić information content (AvgIpc) is 2.25. The highest BCUT2D eigenvalue weighted by molar-refractivity contribution is 5.36. The Labute approximate surface area is 90.4 Å². The van der Waals surface area contributed by atoms with Gasteiger partial charge >= 0.3 is 0 Å². The van der Waals surface area contributed by atoms with Crippen LogP contribution in [-0.2, 0) is 6.42 Å². The van der Waals surface area contributed by atoms with E-state index in [4.69, 9.17) is 5.26 Å². The molecule has 1 N–H and O–H groups in total. The van der Waals surface area contributed by atoms with E-state index in [0.29, 0.717) is 6.54 Å². The van der Waals surface area contributed by atoms with Gasteiger partial charge in [-0.15, -0.1) is 0 Å². The summed E-state index contributed by atoms with van der Waals surface area (Å²) >= 11 is 0. The van der Waals surface area contributed by atoms with Crippen LogP contribution in [0.1, 0.15) is 25.4 Å². The van der Waals surface area contributed by atoms with Crippen molar-refractivity contribution in [2.75, 3.05) is 11.9 Å². The van der Waals surface area contributed by atoms with Crippen LogP contribution in [-0.4, -0.2) is 16.5 Å². The van der Waals surface area contributed by atoms with Crippen LogP contribution >= 0.6 is 0 Å². The maximum atomic E-state index is 8.65. The zero-order chi connectivity index (χ0) is 11.3. The number of hydrogen-bond acceptors (Lipinski definition) is 4. The molecule has 0 spiro atoms. The summed E-state index contributed by atoms with van der Waals surface area (Å²) in [4.78, 5) is 8.54. The van der Waals surface area contributed by atoms with E-state index in [0.717, 1.165) is 23.8 Å². The standard InChI is InChI=1S/C11H16N4/c1-4-10-5-11(15-9(3)14-10)13-7-8(2)6-12/h5,8H,4,7H2,1-3H3,(H,13,14,15). The second-order valence-electron chi connectivity index (χ2n) is 3.56. The van der Waals surface area contributed by atoms with Crippen LogP contribution in [0.5, 0.6) is 0 Å². The van der Waals surface area contributed by atoms with Gasteiger partial charge in [0.1, 0.15) is 11.6 Å². The van der Waals surface area contributed by atoms with E-state index in [1.165, 1.54) is 0 Å². The van der Waals surface area contributed by atoms with Crippen molar-refractivity contribution < 1.29 is 0 Å². The summed E-state index contributed by atoms with van der Waals surface area (Å²) in [5.74, 6) is 1.56. The van der Waals surface area contributed by atoms with Crippen molar-refractivity contribution in [3.8, 4) is 6.07 Å². The maximum Gasteiger partial charge on any atom is 0.129 e. The first-order valence-corrected chi connectivity index (χ1v) is 5.13. The quantitative estimate of drug-likeness (QED) is 0.813. The molecule has 0 aliphatic rings. The number of nitrogens with one attached hydrogen (secondary N) is 1. The second-order valence-corrected chi connectivity index (χ2v) is 3.56. The van der Waals surface area contributed by atoms with Gasteiger partial charge in [-0.05, 0) is 20.3 Å². The van der Waals surface area contributed by atoms with E-state index in [1.807, 2.05) is 19.9 Å². The van der Waals surface area contributed by atoms with Crippen LogP contribution in [0.2, 0.25) is 0 Å². The van der Waals surface area contributed by atoms with E-state index in [2.05, 4.69) is 28.3 Å². The van der Waals surface area contributed by atoms with Gasteiger partial charge in [0.15, 0.2) is 0 Å². The van der Waals surface area contributed by atoms with Crippen molar-refractivity contribution in [1.29, 1.82) is 5.26 Å². The molecule has 1 aromatic rings. The molecule has 0 aliphatic carbocycles. The van der Waals surface area contributed by atoms with Crippen LogP contribution in [0.3, 0.4) is 0 Å². The number of aryl methyl sites for hydroxylation is 2. The summed E-state index contributed by atoms with van der Waals surface area (Å²) in [5, 5.41) is 11.8. The molecule has 0 bridgehead atoms. The van der Waals surface area contributed by atoms with E-state index >= 15 is 0 Å². The normalized spacial score (nSPS) is 11.9. The van der Waals surface area contributed by atoms with E-state index in [1.54, 1.807) is 0 Å². The molecule has 0 fully saturated rings. The summed E-state index contributed by atoms with van der Waals surface area (Å²) in [7, 11) is 0. The predicted molar refractivity (Wildman–Crippen MR) is 59.4 cm³/mol. The number of hydrogen-bond donors (Lipinski definition) is 1. The third-order valence-electron chi connectivity index (χ3n) is 2.06. The minimum absolute atomic E-state index is 0.00894. The van der Waals surface area contributed by atoms with Crippen molar-refractivity contribution in [2.45, 2.75) is 27.2 Å². The minimum atomic E-state index is -0.00894. The van der Waals surface area contributed by atoms with E-state index < -0.39 is 0 Å². The lowest BCUT2D eigenvalue weighted by atomic mass is 10.2. The lowest BCUT2D eigenvalue weighted by Crippen LogP contribution is -2.11. The van der Waals surface area contributed by atoms with Gasteiger partial charge < -0.3 is 5.32 Å². The molecule has 1 rings (SSSR count). The van der Waals surface area contributed by atoms with Crippen LogP contribution < -0.4 is 5.32 Å². The van der Waals surface area contributed by atoms with Crippen LogP contribution in [0, 0.1) is 24.2 Å². The van der Waals surface area contributed by atoms with Crippen molar-refractivity contribution in [1.82, 2.24) is 9.97 Å². The molecule has 1 heterocycles. The summed E-state index contributed by atoms with van der Waals surface area (Å²) in [6.45, 7) is 6.43. The fourth-order valence-electron chi connectivity index (χ4n) is 1.20. The maximum absolute atomic E-state index is 8.65. The summed E-state index contributed by atoms with van der Waals surface area (Å²) in [5.41, 5.74) is 1.02. The lowest BCUT2D eigenvalue weighted by Gasteiger charge is -2.08. The Balaban J connectivity index is 2.69. The Morgan fingerprint density at radius 1 is 1.53 bits per heavy atom. The molecular formula is C11H16N4. The second kappa shape index (κ2) is 5.30. The topological polar surface area (TPSA) is 61.6 Å². The largest absolute Gasteiger partial charge is 0.369 e. The van der Waals surface area contributed by atoms with Gasteiger partial charge in [-0.3, -0.25) is 0 Å². The molecule has 0 aromatic carbocycles. The van der Waals surface area contributed by atoms with Crippen LogP contribution in [0.15, 0.2) is 6.07 Å². The van der Waals surface area contributed by atoms with Crippen LogP contribution in [0.25, 0.3) is 0 Å². The van der Waals surface area contributed by atoms with Gasteiger partial charge in [0.05, 0.1) is 12.0 Å². The Kier molecular flexibility index (Phi) is 4.04. The predicted octanol–water partition coefficient (Wildman–Crippen LogP) is 1.92. The number of anilines is 1. The summed E-state index contributed by atoms with van der Waals surface area (Å²) in [6, 6.07) is 4.10. The Bertz CT molecular complexity index is 367. The zero-order valence-corrected chi connectivity index (χ0v) is 9.41. The lowest BCUT2D eigenvalue weighted by molar-refractivity contribution is 0.780. The summed E-state index contributed by atoms with van der Waals surface area (Å²) < 4.78 is 0. The van der Waals surface area contributed by atoms with Crippen molar-refractivity contribution >= 4 is 5.82 Å². The number of rotatable bonds is 4. The third-order valence-corrected chi connectivity index (χ3v) is 2.06. The minimum Gasteiger partial charge on any atom is -0.369 e. The molecule has 0 aliphatic heterocycles. The van der Waals surface area contributed by atoms with Gasteiger partial charge in [0, 0.05) is 18.3 Å². The molecule has 80 valence electrons. The number of nitrogens with zero attached hydrogens (tertiary/aromatic N) is 3. The van der Waals surface area contributed by atoms with Gasteiger partial charge in [0.25, 0.3) is 0 Å². The first kappa shape index (κ1) is 11.4. The molecular weight excluding hydrogens is 188 g/mol. The highest BCUT2D eigenvalue weighted by Gasteiger charge is 2.02. The fourth-order valence-corrected chi connectivity index (χ4v) is 1.20. The fraction of sp³-hybridized carbons (Fsp3) is 0.545. The van der Waals surface area contributed by atoms with Gasteiger partial charge in [-0.1, -0.05) is 6.92 Å². The Hall–Kier alpha value is -1.63. The van der Waals surface area contributed by atoms with Crippen LogP contribution in [0.4, 0.5) is 5.82 Å². The molecule has 0 radical (unpaired) electrons. The monoisotopic (exact) mass is 204 g/mol. The third kappa shape index (κ3) is 3.55.